The lowest BCUT2D eigenvalue weighted by Crippen LogP contribution is -2.22. The normalized spacial score (nSPS) is 11.9. The van der Waals surface area contributed by atoms with Gasteiger partial charge in [0.1, 0.15) is 0 Å². The molecule has 0 radical (unpaired) electrons. The molecule has 0 spiro atoms. The lowest BCUT2D eigenvalue weighted by molar-refractivity contribution is -0.142. The van der Waals surface area contributed by atoms with Gasteiger partial charge in [-0.15, -0.1) is 0 Å². The second-order valence-corrected chi connectivity index (χ2v) is 8.13. The molecule has 0 amide bonds. The maximum Gasteiger partial charge on any atom is 0.343 e. The first kappa shape index (κ1) is 20.4. The number of ether oxygens (including phenoxy) is 3. The van der Waals surface area contributed by atoms with Gasteiger partial charge in [0.05, 0.1) is 33.8 Å². The summed E-state index contributed by atoms with van der Waals surface area (Å²) in [6, 6.07) is 11.1. The molecule has 0 aliphatic carbocycles. The largest absolute Gasteiger partial charge is 0.490 e. The Bertz CT molecular complexity index is 1360. The van der Waals surface area contributed by atoms with Crippen LogP contribution in [0.2, 0.25) is 0 Å². The van der Waals surface area contributed by atoms with Gasteiger partial charge in [-0.2, -0.15) is 0 Å². The summed E-state index contributed by atoms with van der Waals surface area (Å²) in [6.45, 7) is 2.03. The minimum absolute atomic E-state index is 0.121. The Balaban J connectivity index is 1.79. The number of methoxy groups -OCH3 is 1. The highest BCUT2D eigenvalue weighted by atomic mass is 79.9. The van der Waals surface area contributed by atoms with Crippen molar-refractivity contribution in [3.8, 4) is 11.5 Å². The van der Waals surface area contributed by atoms with Gasteiger partial charge in [0.15, 0.2) is 23.1 Å². The molecule has 2 heterocycles. The molecule has 4 rings (SSSR count). The highest BCUT2D eigenvalue weighted by Gasteiger charge is 2.15. The first-order chi connectivity index (χ1) is 14.5. The predicted octanol–water partition coefficient (Wildman–Crippen LogP) is 3.17. The van der Waals surface area contributed by atoms with Crippen LogP contribution in [-0.2, 0) is 9.53 Å². The second-order valence-electron chi connectivity index (χ2n) is 6.26. The number of thiazole rings is 1. The highest BCUT2D eigenvalue weighted by molar-refractivity contribution is 9.10. The average molecular weight is 489 g/mol. The molecule has 0 fully saturated rings. The van der Waals surface area contributed by atoms with Crippen molar-refractivity contribution in [2.75, 3.05) is 20.3 Å². The fraction of sp³-hybridized carbons (Fsp3) is 0.190. The number of benzene rings is 2. The van der Waals surface area contributed by atoms with Crippen LogP contribution in [0.15, 0.2) is 45.7 Å². The van der Waals surface area contributed by atoms with E-state index in [1.165, 1.54) is 18.4 Å². The Labute approximate surface area is 183 Å². The Morgan fingerprint density at radius 3 is 2.83 bits per heavy atom. The summed E-state index contributed by atoms with van der Waals surface area (Å²) in [5.41, 5.74) is 2.21. The number of nitrogens with zero attached hydrogens (tertiary/aromatic N) is 2. The number of fused-ring (bicyclic) bond motifs is 3. The summed E-state index contributed by atoms with van der Waals surface area (Å²) < 4.78 is 18.6. The van der Waals surface area contributed by atoms with Crippen LogP contribution in [0.3, 0.4) is 0 Å². The molecule has 0 aliphatic heterocycles. The van der Waals surface area contributed by atoms with Crippen LogP contribution in [0.4, 0.5) is 0 Å². The molecular weight excluding hydrogens is 472 g/mol. The number of para-hydroxylation sites is 2. The van der Waals surface area contributed by atoms with Crippen molar-refractivity contribution >= 4 is 55.3 Å². The van der Waals surface area contributed by atoms with Crippen molar-refractivity contribution in [2.24, 2.45) is 0 Å². The van der Waals surface area contributed by atoms with Crippen molar-refractivity contribution in [3.63, 3.8) is 0 Å². The van der Waals surface area contributed by atoms with E-state index in [0.717, 1.165) is 16.6 Å². The van der Waals surface area contributed by atoms with Gasteiger partial charge in [0, 0.05) is 0 Å². The molecular formula is C21H17BrN2O5S. The molecule has 0 saturated heterocycles. The molecule has 154 valence electrons. The standard InChI is InChI=1S/C21H17BrN2O5S/c1-3-28-16-9-12(8-13(22)19(16)29-11-18(25)27-2)10-17-20(26)24-15-7-5-4-6-14(15)23-21(24)30-17/h4-10H,3,11H2,1-2H3. The zero-order valence-corrected chi connectivity index (χ0v) is 18.6. The fourth-order valence-electron chi connectivity index (χ4n) is 3.03. The van der Waals surface area contributed by atoms with E-state index in [9.17, 15) is 9.59 Å². The van der Waals surface area contributed by atoms with Gasteiger partial charge >= 0.3 is 5.97 Å². The molecule has 2 aromatic heterocycles. The van der Waals surface area contributed by atoms with Crippen molar-refractivity contribution in [1.82, 2.24) is 9.38 Å². The Morgan fingerprint density at radius 1 is 1.27 bits per heavy atom. The lowest BCUT2D eigenvalue weighted by atomic mass is 10.2. The Hall–Kier alpha value is -2.91. The van der Waals surface area contributed by atoms with Crippen LogP contribution in [-0.4, -0.2) is 35.7 Å². The molecule has 4 aromatic rings. The topological polar surface area (TPSA) is 79.1 Å². The van der Waals surface area contributed by atoms with E-state index in [2.05, 4.69) is 25.7 Å². The van der Waals surface area contributed by atoms with E-state index in [-0.39, 0.29) is 12.2 Å². The van der Waals surface area contributed by atoms with E-state index >= 15 is 0 Å². The minimum atomic E-state index is -0.495. The third-order valence-electron chi connectivity index (χ3n) is 4.34. The third kappa shape index (κ3) is 3.78. The lowest BCUT2D eigenvalue weighted by Gasteiger charge is -2.14. The van der Waals surface area contributed by atoms with Gasteiger partial charge in [0.2, 0.25) is 0 Å². The van der Waals surface area contributed by atoms with E-state index < -0.39 is 5.97 Å². The number of carbonyl (C=O) groups is 1. The number of imidazole rings is 1. The molecule has 7 nitrogen and oxygen atoms in total. The van der Waals surface area contributed by atoms with Crippen molar-refractivity contribution in [1.29, 1.82) is 0 Å². The molecule has 0 atom stereocenters. The van der Waals surface area contributed by atoms with Crippen molar-refractivity contribution < 1.29 is 19.0 Å². The van der Waals surface area contributed by atoms with Gasteiger partial charge in [0.25, 0.3) is 5.56 Å². The molecule has 0 aliphatic rings. The van der Waals surface area contributed by atoms with Crippen LogP contribution in [0.25, 0.3) is 22.1 Å². The maximum absolute atomic E-state index is 13.0. The fourth-order valence-corrected chi connectivity index (χ4v) is 4.59. The van der Waals surface area contributed by atoms with Crippen LogP contribution in [0, 0.1) is 0 Å². The SMILES string of the molecule is CCOc1cc(C=c2sc3nc4ccccc4n3c2=O)cc(Br)c1OCC(=O)OC. The van der Waals surface area contributed by atoms with E-state index in [0.29, 0.717) is 32.1 Å². The van der Waals surface area contributed by atoms with Gasteiger partial charge in [-0.25, -0.2) is 14.2 Å². The summed E-state index contributed by atoms with van der Waals surface area (Å²) in [5, 5.41) is 0. The van der Waals surface area contributed by atoms with Crippen LogP contribution < -0.4 is 19.6 Å². The summed E-state index contributed by atoms with van der Waals surface area (Å²) >= 11 is 4.79. The van der Waals surface area contributed by atoms with Crippen molar-refractivity contribution in [3.05, 3.63) is 61.3 Å². The summed E-state index contributed by atoms with van der Waals surface area (Å²) in [5.74, 6) is 0.361. The number of rotatable bonds is 6. The molecule has 2 aromatic carbocycles. The predicted molar refractivity (Wildman–Crippen MR) is 118 cm³/mol. The summed E-state index contributed by atoms with van der Waals surface area (Å²) in [6.07, 6.45) is 1.79. The molecule has 0 unspecified atom stereocenters. The van der Waals surface area contributed by atoms with Crippen LogP contribution >= 0.6 is 27.3 Å². The smallest absolute Gasteiger partial charge is 0.343 e. The number of hydrogen-bond donors (Lipinski definition) is 0. The first-order valence-corrected chi connectivity index (χ1v) is 10.7. The zero-order valence-electron chi connectivity index (χ0n) is 16.2. The molecule has 0 bridgehead atoms. The number of aromatic nitrogens is 2. The molecule has 0 saturated carbocycles. The zero-order chi connectivity index (χ0) is 21.3. The van der Waals surface area contributed by atoms with Crippen LogP contribution in [0.1, 0.15) is 12.5 Å². The minimum Gasteiger partial charge on any atom is -0.490 e. The van der Waals surface area contributed by atoms with E-state index in [4.69, 9.17) is 9.47 Å². The highest BCUT2D eigenvalue weighted by Crippen LogP contribution is 2.37. The first-order valence-electron chi connectivity index (χ1n) is 9.09. The van der Waals surface area contributed by atoms with Gasteiger partial charge in [-0.3, -0.25) is 4.79 Å². The van der Waals surface area contributed by atoms with Gasteiger partial charge in [-0.05, 0) is 58.8 Å². The molecule has 30 heavy (non-hydrogen) atoms. The van der Waals surface area contributed by atoms with Gasteiger partial charge < -0.3 is 14.2 Å². The quantitative estimate of drug-likeness (QED) is 0.388. The van der Waals surface area contributed by atoms with E-state index in [1.807, 2.05) is 31.2 Å². The third-order valence-corrected chi connectivity index (χ3v) is 5.89. The average Bonchev–Trinajstić information content (AvgIpc) is 3.23. The number of esters is 1. The van der Waals surface area contributed by atoms with Gasteiger partial charge in [-0.1, -0.05) is 23.5 Å². The number of carbonyl (C=O) groups excluding carboxylic acids is 1. The van der Waals surface area contributed by atoms with Crippen molar-refractivity contribution in [2.45, 2.75) is 6.92 Å². The number of hydrogen-bond acceptors (Lipinski definition) is 7. The summed E-state index contributed by atoms with van der Waals surface area (Å²) in [7, 11) is 1.30. The Kier molecular flexibility index (Phi) is 5.74. The van der Waals surface area contributed by atoms with Crippen LogP contribution in [0.5, 0.6) is 11.5 Å². The summed E-state index contributed by atoms with van der Waals surface area (Å²) in [4.78, 5) is 29.6. The molecule has 9 heteroatoms. The number of halogens is 1. The Morgan fingerprint density at radius 2 is 2.07 bits per heavy atom. The second kappa shape index (κ2) is 8.45. The monoisotopic (exact) mass is 488 g/mol. The van der Waals surface area contributed by atoms with E-state index in [1.54, 1.807) is 22.6 Å². The molecule has 0 N–H and O–H groups in total. The maximum atomic E-state index is 13.0.